The van der Waals surface area contributed by atoms with Crippen LogP contribution in [0.3, 0.4) is 0 Å². The molecular formula is C31H28N4O5S. The number of carbonyl (C=O) groups is 3. The predicted molar refractivity (Wildman–Crippen MR) is 158 cm³/mol. The third-order valence-corrected chi connectivity index (χ3v) is 8.10. The molecule has 1 saturated heterocycles. The molecule has 0 aromatic heterocycles. The van der Waals surface area contributed by atoms with Gasteiger partial charge < -0.3 is 15.5 Å². The molecule has 0 radical (unpaired) electrons. The number of hydrogen-bond acceptors (Lipinski definition) is 5. The van der Waals surface area contributed by atoms with Gasteiger partial charge in [-0.05, 0) is 79.7 Å². The largest absolute Gasteiger partial charge is 0.326 e. The van der Waals surface area contributed by atoms with E-state index in [2.05, 4.69) is 15.4 Å². The Kier molecular flexibility index (Phi) is 7.84. The molecule has 3 amide bonds. The van der Waals surface area contributed by atoms with Gasteiger partial charge in [0.25, 0.3) is 15.9 Å². The van der Waals surface area contributed by atoms with Gasteiger partial charge >= 0.3 is 0 Å². The van der Waals surface area contributed by atoms with E-state index in [1.54, 1.807) is 41.3 Å². The van der Waals surface area contributed by atoms with Gasteiger partial charge in [-0.1, -0.05) is 35.9 Å². The number of aryl methyl sites for hydroxylation is 1. The molecule has 10 heteroatoms. The van der Waals surface area contributed by atoms with E-state index in [1.807, 2.05) is 49.4 Å². The first-order chi connectivity index (χ1) is 19.7. The average molecular weight is 569 g/mol. The van der Waals surface area contributed by atoms with E-state index in [1.165, 1.54) is 24.3 Å². The van der Waals surface area contributed by atoms with Gasteiger partial charge in [0.2, 0.25) is 11.8 Å². The van der Waals surface area contributed by atoms with Crippen molar-refractivity contribution in [2.24, 2.45) is 5.92 Å². The van der Waals surface area contributed by atoms with Crippen molar-refractivity contribution < 1.29 is 22.8 Å². The lowest BCUT2D eigenvalue weighted by molar-refractivity contribution is -0.122. The molecule has 1 unspecified atom stereocenters. The minimum atomic E-state index is -3.78. The maximum absolute atomic E-state index is 12.8. The van der Waals surface area contributed by atoms with Crippen LogP contribution in [0.5, 0.6) is 0 Å². The fraction of sp³-hybridized carbons (Fsp3) is 0.129. The van der Waals surface area contributed by atoms with Crippen LogP contribution in [-0.2, 0) is 19.6 Å². The first-order valence-electron chi connectivity index (χ1n) is 13.0. The van der Waals surface area contributed by atoms with Crippen molar-refractivity contribution in [1.82, 2.24) is 0 Å². The van der Waals surface area contributed by atoms with E-state index in [9.17, 15) is 22.8 Å². The van der Waals surface area contributed by atoms with Crippen LogP contribution in [0.1, 0.15) is 22.3 Å². The molecule has 5 rings (SSSR count). The number of nitrogens with one attached hydrogen (secondary N) is 3. The van der Waals surface area contributed by atoms with E-state index >= 15 is 0 Å². The highest BCUT2D eigenvalue weighted by Gasteiger charge is 2.35. The highest BCUT2D eigenvalue weighted by atomic mass is 32.2. The number of sulfonamides is 1. The van der Waals surface area contributed by atoms with Crippen molar-refractivity contribution >= 4 is 50.5 Å². The van der Waals surface area contributed by atoms with Crippen molar-refractivity contribution in [1.29, 1.82) is 0 Å². The molecule has 0 aliphatic carbocycles. The summed E-state index contributed by atoms with van der Waals surface area (Å²) in [7, 11) is -3.78. The Morgan fingerprint density at radius 1 is 0.756 bits per heavy atom. The van der Waals surface area contributed by atoms with Crippen molar-refractivity contribution in [3.8, 4) is 0 Å². The number of carbonyl (C=O) groups excluding carboxylic acids is 3. The summed E-state index contributed by atoms with van der Waals surface area (Å²) in [6.07, 6.45) is 0.128. The summed E-state index contributed by atoms with van der Waals surface area (Å²) in [5.74, 6) is -1.24. The molecule has 0 spiro atoms. The summed E-state index contributed by atoms with van der Waals surface area (Å²) < 4.78 is 27.9. The molecule has 1 aliphatic heterocycles. The number of rotatable bonds is 8. The second-order valence-corrected chi connectivity index (χ2v) is 11.4. The quantitative estimate of drug-likeness (QED) is 0.275. The van der Waals surface area contributed by atoms with Gasteiger partial charge in [-0.25, -0.2) is 8.42 Å². The van der Waals surface area contributed by atoms with Gasteiger partial charge in [-0.3, -0.25) is 19.1 Å². The van der Waals surface area contributed by atoms with Crippen LogP contribution in [0.2, 0.25) is 0 Å². The Balaban J connectivity index is 1.16. The van der Waals surface area contributed by atoms with Crippen LogP contribution >= 0.6 is 0 Å². The van der Waals surface area contributed by atoms with Gasteiger partial charge in [-0.2, -0.15) is 0 Å². The third-order valence-electron chi connectivity index (χ3n) is 6.70. The molecule has 1 atom stereocenters. The number of anilines is 4. The topological polar surface area (TPSA) is 125 Å². The monoisotopic (exact) mass is 568 g/mol. The van der Waals surface area contributed by atoms with E-state index in [0.717, 1.165) is 11.3 Å². The van der Waals surface area contributed by atoms with E-state index < -0.39 is 21.8 Å². The normalized spacial score (nSPS) is 14.9. The zero-order valence-corrected chi connectivity index (χ0v) is 23.0. The number of benzene rings is 4. The zero-order chi connectivity index (χ0) is 29.0. The van der Waals surface area contributed by atoms with Crippen molar-refractivity contribution in [3.05, 3.63) is 114 Å². The Hall–Kier alpha value is -4.96. The molecule has 0 bridgehead atoms. The van der Waals surface area contributed by atoms with Gasteiger partial charge in [0.15, 0.2) is 0 Å². The van der Waals surface area contributed by atoms with Crippen LogP contribution in [0.25, 0.3) is 0 Å². The number of nitrogens with zero attached hydrogens (tertiary/aromatic N) is 1. The molecule has 9 nitrogen and oxygen atoms in total. The third kappa shape index (κ3) is 6.62. The summed E-state index contributed by atoms with van der Waals surface area (Å²) in [5, 5.41) is 5.56. The standard InChI is InChI=1S/C31H28N4O5S/c1-21-7-11-26(12-8-21)34-41(39,40)28-17-15-25(16-18-28)32-30(37)22-9-13-24(14-10-22)33-31(38)23-19-29(36)35(20-23)27-5-3-2-4-6-27/h2-18,23,34H,19-20H2,1H3,(H,32,37)(H,33,38). The molecule has 4 aromatic rings. The first-order valence-corrected chi connectivity index (χ1v) is 14.4. The number of amides is 3. The molecule has 4 aromatic carbocycles. The Labute approximate surface area is 238 Å². The van der Waals surface area contributed by atoms with E-state index in [-0.39, 0.29) is 23.1 Å². The SMILES string of the molecule is Cc1ccc(NS(=O)(=O)c2ccc(NC(=O)c3ccc(NC(=O)C4CC(=O)N(c5ccccc5)C4)cc3)cc2)cc1. The Morgan fingerprint density at radius 3 is 2.00 bits per heavy atom. The zero-order valence-electron chi connectivity index (χ0n) is 22.2. The lowest BCUT2D eigenvalue weighted by atomic mass is 10.1. The smallest absolute Gasteiger partial charge is 0.261 e. The van der Waals surface area contributed by atoms with Crippen LogP contribution in [0.4, 0.5) is 22.7 Å². The molecule has 1 fully saturated rings. The molecule has 0 saturated carbocycles. The van der Waals surface area contributed by atoms with Crippen LogP contribution in [0.15, 0.2) is 108 Å². The number of para-hydroxylation sites is 1. The minimum Gasteiger partial charge on any atom is -0.326 e. The maximum atomic E-state index is 12.8. The fourth-order valence-electron chi connectivity index (χ4n) is 4.45. The van der Waals surface area contributed by atoms with Gasteiger partial charge in [0, 0.05) is 41.3 Å². The van der Waals surface area contributed by atoms with Crippen LogP contribution in [-0.4, -0.2) is 32.7 Å². The molecule has 208 valence electrons. The highest BCUT2D eigenvalue weighted by molar-refractivity contribution is 7.92. The highest BCUT2D eigenvalue weighted by Crippen LogP contribution is 2.26. The Bertz CT molecular complexity index is 1670. The lowest BCUT2D eigenvalue weighted by Crippen LogP contribution is -2.28. The number of hydrogen-bond donors (Lipinski definition) is 3. The molecular weight excluding hydrogens is 540 g/mol. The summed E-state index contributed by atoms with van der Waals surface area (Å²) in [6.45, 7) is 2.22. The van der Waals surface area contributed by atoms with Crippen molar-refractivity contribution in [2.75, 3.05) is 26.8 Å². The summed E-state index contributed by atoms with van der Waals surface area (Å²) in [6, 6.07) is 28.5. The predicted octanol–water partition coefficient (Wildman–Crippen LogP) is 5.04. The maximum Gasteiger partial charge on any atom is 0.261 e. The fourth-order valence-corrected chi connectivity index (χ4v) is 5.50. The lowest BCUT2D eigenvalue weighted by Gasteiger charge is -2.16. The molecule has 1 aliphatic rings. The minimum absolute atomic E-state index is 0.0621. The summed E-state index contributed by atoms with van der Waals surface area (Å²) in [5.41, 5.74) is 3.52. The molecule has 3 N–H and O–H groups in total. The van der Waals surface area contributed by atoms with E-state index in [4.69, 9.17) is 0 Å². The van der Waals surface area contributed by atoms with Crippen molar-refractivity contribution in [3.63, 3.8) is 0 Å². The molecule has 41 heavy (non-hydrogen) atoms. The first kappa shape index (κ1) is 27.6. The van der Waals surface area contributed by atoms with E-state index in [0.29, 0.717) is 29.2 Å². The van der Waals surface area contributed by atoms with Gasteiger partial charge in [-0.15, -0.1) is 0 Å². The summed E-state index contributed by atoms with van der Waals surface area (Å²) in [4.78, 5) is 39.6. The van der Waals surface area contributed by atoms with Crippen LogP contribution in [0, 0.1) is 12.8 Å². The van der Waals surface area contributed by atoms with Gasteiger partial charge in [0.05, 0.1) is 10.8 Å². The second-order valence-electron chi connectivity index (χ2n) is 9.76. The summed E-state index contributed by atoms with van der Waals surface area (Å²) >= 11 is 0. The average Bonchev–Trinajstić information content (AvgIpc) is 3.37. The molecule has 1 heterocycles. The second kappa shape index (κ2) is 11.6. The van der Waals surface area contributed by atoms with Crippen LogP contribution < -0.4 is 20.3 Å². The van der Waals surface area contributed by atoms with Crippen molar-refractivity contribution in [2.45, 2.75) is 18.2 Å². The van der Waals surface area contributed by atoms with Gasteiger partial charge in [0.1, 0.15) is 0 Å². The Morgan fingerprint density at radius 2 is 1.34 bits per heavy atom.